The molecule has 2 aromatic carbocycles. The molecule has 0 saturated carbocycles. The number of rotatable bonds is 9. The maximum Gasteiger partial charge on any atom is 0.459 e. The summed E-state index contributed by atoms with van der Waals surface area (Å²) in [6.45, 7) is 7.76. The Hall–Kier alpha value is -2.01. The molecule has 36 heavy (non-hydrogen) atoms. The third kappa shape index (κ3) is 7.74. The van der Waals surface area contributed by atoms with E-state index in [-0.39, 0.29) is 16.3 Å². The van der Waals surface area contributed by atoms with Gasteiger partial charge in [-0.05, 0) is 63.6 Å². The first-order chi connectivity index (χ1) is 16.7. The Morgan fingerprint density at radius 2 is 1.72 bits per heavy atom. The van der Waals surface area contributed by atoms with E-state index in [1.165, 1.54) is 40.7 Å². The average Bonchev–Trinajstić information content (AvgIpc) is 2.75. The predicted molar refractivity (Wildman–Crippen MR) is 142 cm³/mol. The molecule has 0 radical (unpaired) electrons. The Morgan fingerprint density at radius 3 is 2.31 bits per heavy atom. The number of hydrogen-bond acceptors (Lipinski definition) is 6. The zero-order valence-electron chi connectivity index (χ0n) is 19.8. The van der Waals surface area contributed by atoms with Crippen molar-refractivity contribution in [3.05, 3.63) is 68.6 Å². The minimum Gasteiger partial charge on any atom is -0.491 e. The average molecular weight is 624 g/mol. The second-order valence-electron chi connectivity index (χ2n) is 8.58. The molecule has 0 aliphatic carbocycles. The number of aromatic nitrogens is 2. The van der Waals surface area contributed by atoms with Crippen LogP contribution >= 0.6 is 50.9 Å². The van der Waals surface area contributed by atoms with Crippen molar-refractivity contribution < 1.29 is 23.0 Å². The van der Waals surface area contributed by atoms with Crippen molar-refractivity contribution >= 4 is 50.9 Å². The predicted octanol–water partition coefficient (Wildman–Crippen LogP) is 7.90. The van der Waals surface area contributed by atoms with E-state index in [1.807, 2.05) is 27.7 Å². The van der Waals surface area contributed by atoms with Gasteiger partial charge in [0.25, 0.3) is 5.56 Å². The highest BCUT2D eigenvalue weighted by Gasteiger charge is 2.26. The summed E-state index contributed by atoms with van der Waals surface area (Å²) >= 11 is 16.1. The summed E-state index contributed by atoms with van der Waals surface area (Å²) in [7, 11) is 0. The molecule has 0 spiro atoms. The first-order valence-electron chi connectivity index (χ1n) is 10.6. The van der Waals surface area contributed by atoms with Crippen molar-refractivity contribution in [2.24, 2.45) is 0 Å². The van der Waals surface area contributed by atoms with Gasteiger partial charge in [-0.2, -0.15) is 13.9 Å². The van der Waals surface area contributed by atoms with E-state index in [9.17, 15) is 13.6 Å². The van der Waals surface area contributed by atoms with Gasteiger partial charge >= 0.3 is 5.02 Å². The van der Waals surface area contributed by atoms with E-state index in [4.69, 9.17) is 32.7 Å². The van der Waals surface area contributed by atoms with Crippen LogP contribution in [-0.2, 0) is 5.54 Å². The summed E-state index contributed by atoms with van der Waals surface area (Å²) in [4.78, 5) is 13.0. The normalized spacial score (nSPS) is 11.9. The number of hydrogen-bond donors (Lipinski definition) is 0. The standard InChI is InChI=1S/C24H23BrCl2F2N2O4S/c1-14-11-17(34-15-5-7-16(8-6-15)35-24(25,28)29)12-18(26)21(14)33-9-10-36-19-13-30-31(23(2,3)4)22(32)20(19)27/h5-8,11-13H,9-10H2,1-4H3. The Balaban J connectivity index is 1.59. The second-order valence-corrected chi connectivity index (χ2v) is 11.4. The monoisotopic (exact) mass is 622 g/mol. The number of alkyl halides is 3. The lowest BCUT2D eigenvalue weighted by Gasteiger charge is -2.21. The molecule has 0 N–H and O–H groups in total. The van der Waals surface area contributed by atoms with E-state index in [1.54, 1.807) is 18.3 Å². The Morgan fingerprint density at radius 1 is 1.08 bits per heavy atom. The number of nitrogens with zero attached hydrogens (tertiary/aromatic N) is 2. The summed E-state index contributed by atoms with van der Waals surface area (Å²) in [6.07, 6.45) is 1.58. The van der Waals surface area contributed by atoms with Crippen molar-refractivity contribution in [3.8, 4) is 23.0 Å². The molecule has 6 nitrogen and oxygen atoms in total. The van der Waals surface area contributed by atoms with E-state index < -0.39 is 10.6 Å². The van der Waals surface area contributed by atoms with E-state index in [0.717, 1.165) is 5.56 Å². The molecule has 194 valence electrons. The quantitative estimate of drug-likeness (QED) is 0.137. The van der Waals surface area contributed by atoms with Gasteiger partial charge in [-0.15, -0.1) is 11.8 Å². The van der Waals surface area contributed by atoms with Crippen LogP contribution in [0.25, 0.3) is 0 Å². The molecule has 0 unspecified atom stereocenters. The Kier molecular flexibility index (Phi) is 9.19. The molecule has 0 atom stereocenters. The molecule has 1 aromatic heterocycles. The summed E-state index contributed by atoms with van der Waals surface area (Å²) in [5.74, 6) is 1.86. The number of thioether (sulfide) groups is 1. The smallest absolute Gasteiger partial charge is 0.459 e. The number of aryl methyl sites for hydroxylation is 1. The minimum atomic E-state index is -3.45. The fourth-order valence-corrected chi connectivity index (χ4v) is 4.59. The van der Waals surface area contributed by atoms with Gasteiger partial charge in [0, 0.05) is 27.7 Å². The molecule has 0 bridgehead atoms. The summed E-state index contributed by atoms with van der Waals surface area (Å²) < 4.78 is 43.2. The van der Waals surface area contributed by atoms with Crippen LogP contribution in [0.3, 0.4) is 0 Å². The lowest BCUT2D eigenvalue weighted by Crippen LogP contribution is -2.36. The van der Waals surface area contributed by atoms with Crippen molar-refractivity contribution in [1.29, 1.82) is 0 Å². The highest BCUT2D eigenvalue weighted by Crippen LogP contribution is 2.36. The summed E-state index contributed by atoms with van der Waals surface area (Å²) in [5, 5.41) is 1.24. The number of halogens is 5. The lowest BCUT2D eigenvalue weighted by atomic mass is 10.1. The van der Waals surface area contributed by atoms with Gasteiger partial charge in [-0.1, -0.05) is 23.2 Å². The van der Waals surface area contributed by atoms with Crippen LogP contribution in [0.5, 0.6) is 23.0 Å². The zero-order valence-corrected chi connectivity index (χ0v) is 23.7. The van der Waals surface area contributed by atoms with E-state index >= 15 is 0 Å². The topological polar surface area (TPSA) is 62.6 Å². The van der Waals surface area contributed by atoms with Gasteiger partial charge in [0.05, 0.1) is 28.3 Å². The molecule has 0 aliphatic rings. The zero-order chi connectivity index (χ0) is 26.7. The maximum absolute atomic E-state index is 12.9. The molecule has 12 heteroatoms. The second kappa shape index (κ2) is 11.6. The van der Waals surface area contributed by atoms with Gasteiger partial charge < -0.3 is 14.2 Å². The Bertz CT molecular complexity index is 1260. The van der Waals surface area contributed by atoms with Gasteiger partial charge in [0.2, 0.25) is 0 Å². The molecular weight excluding hydrogens is 601 g/mol. The lowest BCUT2D eigenvalue weighted by molar-refractivity contribution is -0.0803. The van der Waals surface area contributed by atoms with Gasteiger partial charge in [0.15, 0.2) is 0 Å². The van der Waals surface area contributed by atoms with Crippen molar-refractivity contribution in [3.63, 3.8) is 0 Å². The van der Waals surface area contributed by atoms with Crippen LogP contribution in [0.2, 0.25) is 10.0 Å². The maximum atomic E-state index is 12.9. The fourth-order valence-electron chi connectivity index (χ4n) is 3.08. The SMILES string of the molecule is Cc1cc(Oc2ccc(OC(F)(F)Br)cc2)cc(Cl)c1OCCSc1cnn(C(C)(C)C)c(=O)c1Cl. The highest BCUT2D eigenvalue weighted by atomic mass is 79.9. The highest BCUT2D eigenvalue weighted by molar-refractivity contribution is 9.09. The molecular formula is C24H23BrCl2F2N2O4S. The van der Waals surface area contributed by atoms with Crippen LogP contribution in [-0.4, -0.2) is 27.2 Å². The first kappa shape index (κ1) is 28.6. The molecule has 3 rings (SSSR count). The minimum absolute atomic E-state index is 0.0208. The molecule has 0 amide bonds. The number of ether oxygens (including phenoxy) is 3. The molecule has 0 aliphatic heterocycles. The summed E-state index contributed by atoms with van der Waals surface area (Å²) in [5.41, 5.74) is -0.0678. The van der Waals surface area contributed by atoms with Crippen LogP contribution in [0.1, 0.15) is 26.3 Å². The van der Waals surface area contributed by atoms with Crippen molar-refractivity contribution in [2.75, 3.05) is 12.4 Å². The Labute approximate surface area is 230 Å². The summed E-state index contributed by atoms with van der Waals surface area (Å²) in [6, 6.07) is 9.07. The van der Waals surface area contributed by atoms with Gasteiger partial charge in [-0.3, -0.25) is 4.79 Å². The number of benzene rings is 2. The van der Waals surface area contributed by atoms with Crippen LogP contribution in [0.4, 0.5) is 8.78 Å². The van der Waals surface area contributed by atoms with E-state index in [2.05, 4.69) is 25.8 Å². The van der Waals surface area contributed by atoms with Crippen molar-refractivity contribution in [2.45, 2.75) is 43.1 Å². The van der Waals surface area contributed by atoms with Crippen LogP contribution < -0.4 is 19.8 Å². The largest absolute Gasteiger partial charge is 0.491 e. The van der Waals surface area contributed by atoms with Crippen molar-refractivity contribution in [1.82, 2.24) is 9.78 Å². The van der Waals surface area contributed by atoms with Gasteiger partial charge in [0.1, 0.15) is 28.0 Å². The third-order valence-corrected chi connectivity index (χ3v) is 6.52. The molecule has 1 heterocycles. The van der Waals surface area contributed by atoms with Crippen LogP contribution in [0.15, 0.2) is 52.3 Å². The molecule has 3 aromatic rings. The first-order valence-corrected chi connectivity index (χ1v) is 13.2. The van der Waals surface area contributed by atoms with Crippen LogP contribution in [0, 0.1) is 6.92 Å². The third-order valence-electron chi connectivity index (χ3n) is 4.61. The fraction of sp³-hybridized carbons (Fsp3) is 0.333. The molecule has 0 fully saturated rings. The molecule has 0 saturated heterocycles. The van der Waals surface area contributed by atoms with E-state index in [0.29, 0.717) is 39.5 Å². The van der Waals surface area contributed by atoms with Gasteiger partial charge in [-0.25, -0.2) is 4.68 Å².